The topological polar surface area (TPSA) is 118 Å². The van der Waals surface area contributed by atoms with Crippen LogP contribution in [0.15, 0.2) is 47.1 Å². The molecule has 2 N–H and O–H groups in total. The molecule has 0 amide bonds. The summed E-state index contributed by atoms with van der Waals surface area (Å²) in [6.07, 6.45) is 2.93. The minimum atomic E-state index is -3.17. The molecule has 3 aromatic rings. The van der Waals surface area contributed by atoms with E-state index in [4.69, 9.17) is 14.2 Å². The molecular formula is C25H31BrN6O5S. The van der Waals surface area contributed by atoms with E-state index in [0.717, 1.165) is 11.3 Å². The summed E-state index contributed by atoms with van der Waals surface area (Å²) >= 11 is 3.54. The van der Waals surface area contributed by atoms with Gasteiger partial charge in [-0.05, 0) is 27.6 Å². The number of nitrogens with one attached hydrogen (secondary N) is 2. The number of anilines is 4. The normalized spacial score (nSPS) is 14.7. The van der Waals surface area contributed by atoms with Crippen LogP contribution in [0.3, 0.4) is 0 Å². The molecule has 11 nitrogen and oxygen atoms in total. The monoisotopic (exact) mass is 606 g/mol. The summed E-state index contributed by atoms with van der Waals surface area (Å²) in [6, 6.07) is 11.5. The predicted octanol–water partition coefficient (Wildman–Crippen LogP) is 3.83. The smallest absolute Gasteiger partial charge is 0.229 e. The zero-order valence-corrected chi connectivity index (χ0v) is 24.1. The van der Waals surface area contributed by atoms with Crippen LogP contribution < -0.4 is 24.8 Å². The maximum Gasteiger partial charge on any atom is 0.229 e. The average Bonchev–Trinajstić information content (AvgIpc) is 2.90. The molecule has 0 radical (unpaired) electrons. The number of hydrogen-bond acceptors (Lipinski definition) is 10. The number of rotatable bonds is 10. The zero-order valence-electron chi connectivity index (χ0n) is 21.7. The first-order chi connectivity index (χ1) is 18.2. The third-order valence-corrected chi connectivity index (χ3v) is 8.01. The summed E-state index contributed by atoms with van der Waals surface area (Å²) in [6.45, 7) is 2.99. The minimum Gasteiger partial charge on any atom is -0.493 e. The van der Waals surface area contributed by atoms with E-state index in [1.54, 1.807) is 39.7 Å². The van der Waals surface area contributed by atoms with Gasteiger partial charge >= 0.3 is 0 Å². The number of benzene rings is 2. The summed E-state index contributed by atoms with van der Waals surface area (Å²) in [5, 5.41) is 6.61. The molecule has 0 spiro atoms. The van der Waals surface area contributed by atoms with Gasteiger partial charge in [-0.25, -0.2) is 13.4 Å². The van der Waals surface area contributed by atoms with Crippen molar-refractivity contribution in [2.45, 2.75) is 6.54 Å². The highest BCUT2D eigenvalue weighted by Crippen LogP contribution is 2.40. The molecule has 1 aliphatic rings. The largest absolute Gasteiger partial charge is 0.493 e. The number of nitrogens with zero attached hydrogens (tertiary/aromatic N) is 4. The summed E-state index contributed by atoms with van der Waals surface area (Å²) in [5.74, 6) is 2.48. The molecular weight excluding hydrogens is 576 g/mol. The third-order valence-electron chi connectivity index (χ3n) is 6.13. The van der Waals surface area contributed by atoms with Crippen molar-refractivity contribution in [3.63, 3.8) is 0 Å². The Morgan fingerprint density at radius 2 is 1.63 bits per heavy atom. The van der Waals surface area contributed by atoms with Gasteiger partial charge in [0.25, 0.3) is 0 Å². The van der Waals surface area contributed by atoms with E-state index >= 15 is 0 Å². The van der Waals surface area contributed by atoms with Gasteiger partial charge in [0.2, 0.25) is 21.7 Å². The quantitative estimate of drug-likeness (QED) is 0.352. The van der Waals surface area contributed by atoms with E-state index in [9.17, 15) is 8.42 Å². The van der Waals surface area contributed by atoms with Gasteiger partial charge in [-0.15, -0.1) is 0 Å². The van der Waals surface area contributed by atoms with Crippen LogP contribution in [-0.4, -0.2) is 81.4 Å². The average molecular weight is 608 g/mol. The number of piperazine rings is 1. The molecule has 0 atom stereocenters. The highest BCUT2D eigenvalue weighted by Gasteiger charge is 2.24. The van der Waals surface area contributed by atoms with E-state index in [1.807, 2.05) is 18.2 Å². The van der Waals surface area contributed by atoms with Crippen LogP contribution in [0.5, 0.6) is 17.2 Å². The molecule has 0 unspecified atom stereocenters. The lowest BCUT2D eigenvalue weighted by Gasteiger charge is -2.33. The fourth-order valence-corrected chi connectivity index (χ4v) is 5.28. The highest BCUT2D eigenvalue weighted by atomic mass is 79.9. The lowest BCUT2D eigenvalue weighted by atomic mass is 10.1. The van der Waals surface area contributed by atoms with Gasteiger partial charge in [0.1, 0.15) is 5.82 Å². The Morgan fingerprint density at radius 1 is 0.974 bits per heavy atom. The van der Waals surface area contributed by atoms with E-state index in [-0.39, 0.29) is 0 Å². The molecule has 4 rings (SSSR count). The van der Waals surface area contributed by atoms with Gasteiger partial charge in [-0.3, -0.25) is 4.90 Å². The standard InChI is InChI=1S/C25H31BrN6O5S/c1-35-21-13-18(14-22(36-2)23(21)37-3)28-25-27-15-19(26)24(30-25)29-20-8-6-5-7-17(20)16-31-9-11-32(12-10-31)38(4,33)34/h5-8,13-15H,9-12,16H2,1-4H3,(H2,27,28,29,30). The maximum absolute atomic E-state index is 11.8. The van der Waals surface area contributed by atoms with Crippen molar-refractivity contribution in [2.24, 2.45) is 0 Å². The summed E-state index contributed by atoms with van der Waals surface area (Å²) in [7, 11) is 1.50. The Morgan fingerprint density at radius 3 is 2.24 bits per heavy atom. The Balaban J connectivity index is 1.51. The van der Waals surface area contributed by atoms with Gasteiger partial charge in [0.05, 0.1) is 32.1 Å². The first kappa shape index (κ1) is 27.9. The van der Waals surface area contributed by atoms with Crippen molar-refractivity contribution in [3.05, 3.63) is 52.6 Å². The van der Waals surface area contributed by atoms with Crippen molar-refractivity contribution in [3.8, 4) is 17.2 Å². The van der Waals surface area contributed by atoms with Crippen molar-refractivity contribution >= 4 is 49.1 Å². The molecule has 0 bridgehead atoms. The Hall–Kier alpha value is -3.13. The second-order valence-electron chi connectivity index (χ2n) is 8.65. The number of ether oxygens (including phenoxy) is 3. The number of hydrogen-bond donors (Lipinski definition) is 2. The molecule has 1 aliphatic heterocycles. The van der Waals surface area contributed by atoms with Crippen molar-refractivity contribution < 1.29 is 22.6 Å². The van der Waals surface area contributed by atoms with E-state index in [2.05, 4.69) is 47.5 Å². The van der Waals surface area contributed by atoms with Gasteiger partial charge in [-0.2, -0.15) is 9.29 Å². The van der Waals surface area contributed by atoms with Crippen LogP contribution in [0.25, 0.3) is 0 Å². The Bertz CT molecular complexity index is 1360. The first-order valence-electron chi connectivity index (χ1n) is 11.8. The van der Waals surface area contributed by atoms with Crippen LogP contribution in [0.1, 0.15) is 5.56 Å². The fraction of sp³-hybridized carbons (Fsp3) is 0.360. The number of methoxy groups -OCH3 is 3. The van der Waals surface area contributed by atoms with Crippen LogP contribution in [0, 0.1) is 0 Å². The molecule has 0 saturated carbocycles. The molecule has 13 heteroatoms. The van der Waals surface area contributed by atoms with Gasteiger partial charge in [-0.1, -0.05) is 18.2 Å². The highest BCUT2D eigenvalue weighted by molar-refractivity contribution is 9.10. The minimum absolute atomic E-state index is 0.374. The molecule has 1 aromatic heterocycles. The SMILES string of the molecule is COc1cc(Nc2ncc(Br)c(Nc3ccccc3CN3CCN(S(C)(=O)=O)CC3)n2)cc(OC)c1OC. The van der Waals surface area contributed by atoms with E-state index < -0.39 is 10.0 Å². The number of sulfonamides is 1. The zero-order chi connectivity index (χ0) is 27.3. The molecule has 1 saturated heterocycles. The van der Waals surface area contributed by atoms with Crippen LogP contribution in [0.2, 0.25) is 0 Å². The summed E-state index contributed by atoms with van der Waals surface area (Å²) in [4.78, 5) is 11.3. The van der Waals surface area contributed by atoms with Crippen LogP contribution in [-0.2, 0) is 16.6 Å². The van der Waals surface area contributed by atoms with Crippen molar-refractivity contribution in [1.29, 1.82) is 0 Å². The molecule has 38 heavy (non-hydrogen) atoms. The first-order valence-corrected chi connectivity index (χ1v) is 14.5. The molecule has 1 fully saturated rings. The molecule has 2 aromatic carbocycles. The van der Waals surface area contributed by atoms with E-state index in [1.165, 1.54) is 10.6 Å². The number of halogens is 1. The van der Waals surface area contributed by atoms with Gasteiger partial charge in [0.15, 0.2) is 11.5 Å². The fourth-order valence-electron chi connectivity index (χ4n) is 4.17. The molecule has 0 aliphatic carbocycles. The maximum atomic E-state index is 11.8. The van der Waals surface area contributed by atoms with Gasteiger partial charge < -0.3 is 24.8 Å². The Labute approximate surface area is 231 Å². The van der Waals surface area contributed by atoms with Crippen molar-refractivity contribution in [2.75, 3.05) is 64.4 Å². The van der Waals surface area contributed by atoms with Crippen LogP contribution in [0.4, 0.5) is 23.1 Å². The lowest BCUT2D eigenvalue weighted by Crippen LogP contribution is -2.47. The van der Waals surface area contributed by atoms with Crippen molar-refractivity contribution in [1.82, 2.24) is 19.2 Å². The summed E-state index contributed by atoms with van der Waals surface area (Å²) in [5.41, 5.74) is 2.64. The second-order valence-corrected chi connectivity index (χ2v) is 11.5. The number of para-hydroxylation sites is 1. The molecule has 2 heterocycles. The lowest BCUT2D eigenvalue weighted by molar-refractivity contribution is 0.182. The third kappa shape index (κ3) is 6.65. The number of aromatic nitrogens is 2. The van der Waals surface area contributed by atoms with Crippen LogP contribution >= 0.6 is 15.9 Å². The molecule has 204 valence electrons. The van der Waals surface area contributed by atoms with E-state index in [0.29, 0.717) is 71.9 Å². The second kappa shape index (κ2) is 12.2. The van der Waals surface area contributed by atoms with Gasteiger partial charge in [0, 0.05) is 62.4 Å². The Kier molecular flexibility index (Phi) is 8.92. The predicted molar refractivity (Wildman–Crippen MR) is 151 cm³/mol. The summed E-state index contributed by atoms with van der Waals surface area (Å²) < 4.78 is 42.2.